The molecule has 1 aromatic heterocycles. The second-order valence-electron chi connectivity index (χ2n) is 4.82. The van der Waals surface area contributed by atoms with Gasteiger partial charge in [-0.1, -0.05) is 17.7 Å². The van der Waals surface area contributed by atoms with E-state index in [0.29, 0.717) is 22.2 Å². The number of aryl methyl sites for hydroxylation is 1. The number of Topliss-reactive ketones (excluding diaryl/α,β-unsaturated/α-hetero) is 1. The number of halogens is 1. The molecular weight excluding hydrogens is 322 g/mol. The summed E-state index contributed by atoms with van der Waals surface area (Å²) in [7, 11) is 0. The van der Waals surface area contributed by atoms with Crippen LogP contribution < -0.4 is 10.1 Å². The van der Waals surface area contributed by atoms with Gasteiger partial charge >= 0.3 is 0 Å². The molecule has 0 saturated carbocycles. The maximum atomic E-state index is 12.1. The van der Waals surface area contributed by atoms with E-state index in [1.807, 2.05) is 19.1 Å². The van der Waals surface area contributed by atoms with Crippen molar-refractivity contribution < 1.29 is 14.3 Å². The maximum absolute atomic E-state index is 12.1. The van der Waals surface area contributed by atoms with Crippen LogP contribution >= 0.6 is 22.9 Å². The van der Waals surface area contributed by atoms with E-state index in [9.17, 15) is 9.59 Å². The summed E-state index contributed by atoms with van der Waals surface area (Å²) in [5.41, 5.74) is 1.01. The summed E-state index contributed by atoms with van der Waals surface area (Å²) >= 11 is 7.38. The van der Waals surface area contributed by atoms with Crippen LogP contribution in [0.3, 0.4) is 0 Å². The predicted octanol–water partition coefficient (Wildman–Crippen LogP) is 3.61. The highest BCUT2D eigenvalue weighted by Gasteiger charge is 2.12. The molecule has 0 spiro atoms. The maximum Gasteiger partial charge on any atom is 0.217 e. The lowest BCUT2D eigenvalue weighted by molar-refractivity contribution is -0.119. The zero-order valence-electron chi connectivity index (χ0n) is 12.3. The summed E-state index contributed by atoms with van der Waals surface area (Å²) in [6.45, 7) is 3.75. The van der Waals surface area contributed by atoms with E-state index >= 15 is 0 Å². The van der Waals surface area contributed by atoms with Crippen molar-refractivity contribution in [3.05, 3.63) is 50.7 Å². The number of ether oxygens (including phenoxy) is 1. The number of benzene rings is 1. The van der Waals surface area contributed by atoms with Gasteiger partial charge in [0.1, 0.15) is 5.75 Å². The van der Waals surface area contributed by atoms with Gasteiger partial charge in [0.2, 0.25) is 11.7 Å². The molecule has 1 heterocycles. The Balaban J connectivity index is 1.95. The van der Waals surface area contributed by atoms with Crippen LogP contribution in [0.25, 0.3) is 0 Å². The molecule has 0 atom stereocenters. The Morgan fingerprint density at radius 3 is 2.77 bits per heavy atom. The van der Waals surface area contributed by atoms with Crippen molar-refractivity contribution in [2.45, 2.75) is 20.4 Å². The molecule has 0 fully saturated rings. The van der Waals surface area contributed by atoms with Crippen molar-refractivity contribution in [2.24, 2.45) is 0 Å². The van der Waals surface area contributed by atoms with E-state index in [1.54, 1.807) is 18.2 Å². The van der Waals surface area contributed by atoms with E-state index < -0.39 is 0 Å². The highest BCUT2D eigenvalue weighted by molar-refractivity contribution is 7.14. The first-order valence-corrected chi connectivity index (χ1v) is 7.90. The Hall–Kier alpha value is -1.85. The van der Waals surface area contributed by atoms with Crippen molar-refractivity contribution in [1.29, 1.82) is 0 Å². The predicted molar refractivity (Wildman–Crippen MR) is 87.9 cm³/mol. The molecule has 0 aliphatic rings. The van der Waals surface area contributed by atoms with Crippen LogP contribution in [0.2, 0.25) is 5.02 Å². The number of hydrogen-bond acceptors (Lipinski definition) is 4. The SMILES string of the molecule is CC(=O)NCc1ccc(C(=O)COc2cc(C)ccc2Cl)s1. The fourth-order valence-electron chi connectivity index (χ4n) is 1.77. The van der Waals surface area contributed by atoms with Crippen LogP contribution in [0, 0.1) is 6.92 Å². The molecule has 0 aliphatic carbocycles. The number of hydrogen-bond donors (Lipinski definition) is 1. The van der Waals surface area contributed by atoms with Crippen molar-refractivity contribution >= 4 is 34.6 Å². The van der Waals surface area contributed by atoms with Crippen LogP contribution in [-0.2, 0) is 11.3 Å². The van der Waals surface area contributed by atoms with Crippen molar-refractivity contribution in [3.63, 3.8) is 0 Å². The molecule has 0 unspecified atom stereocenters. The van der Waals surface area contributed by atoms with E-state index in [0.717, 1.165) is 10.4 Å². The van der Waals surface area contributed by atoms with Crippen molar-refractivity contribution in [2.75, 3.05) is 6.61 Å². The third-order valence-electron chi connectivity index (χ3n) is 2.89. The van der Waals surface area contributed by atoms with Gasteiger partial charge in [0.05, 0.1) is 16.4 Å². The topological polar surface area (TPSA) is 55.4 Å². The van der Waals surface area contributed by atoms with Gasteiger partial charge in [0, 0.05) is 11.8 Å². The summed E-state index contributed by atoms with van der Waals surface area (Å²) in [5.74, 6) is 0.292. The minimum absolute atomic E-state index is 0.0662. The molecule has 6 heteroatoms. The Labute approximate surface area is 138 Å². The van der Waals surface area contributed by atoms with Crippen LogP contribution in [-0.4, -0.2) is 18.3 Å². The number of ketones is 1. The molecular formula is C16H16ClNO3S. The minimum atomic E-state index is -0.114. The normalized spacial score (nSPS) is 10.3. The molecule has 0 bridgehead atoms. The van der Waals surface area contributed by atoms with E-state index in [4.69, 9.17) is 16.3 Å². The highest BCUT2D eigenvalue weighted by atomic mass is 35.5. The zero-order chi connectivity index (χ0) is 16.1. The van der Waals surface area contributed by atoms with Crippen LogP contribution in [0.1, 0.15) is 27.0 Å². The lowest BCUT2D eigenvalue weighted by atomic mass is 10.2. The number of nitrogens with one attached hydrogen (secondary N) is 1. The highest BCUT2D eigenvalue weighted by Crippen LogP contribution is 2.25. The standard InChI is InChI=1S/C16H16ClNO3S/c1-10-3-5-13(17)15(7-10)21-9-14(20)16-6-4-12(22-16)8-18-11(2)19/h3-7H,8-9H2,1-2H3,(H,18,19). The van der Waals surface area contributed by atoms with Gasteiger partial charge in [0.15, 0.2) is 6.61 Å². The number of carbonyl (C=O) groups excluding carboxylic acids is 2. The van der Waals surface area contributed by atoms with E-state index in [1.165, 1.54) is 18.3 Å². The first-order valence-electron chi connectivity index (χ1n) is 6.71. The van der Waals surface area contributed by atoms with Crippen LogP contribution in [0.5, 0.6) is 5.75 Å². The van der Waals surface area contributed by atoms with Gasteiger partial charge in [-0.15, -0.1) is 11.3 Å². The molecule has 0 saturated heterocycles. The third-order valence-corrected chi connectivity index (χ3v) is 4.33. The largest absolute Gasteiger partial charge is 0.484 e. The van der Waals surface area contributed by atoms with Crippen molar-refractivity contribution in [3.8, 4) is 5.75 Å². The summed E-state index contributed by atoms with van der Waals surface area (Å²) in [6.07, 6.45) is 0. The first kappa shape index (κ1) is 16.5. The molecule has 22 heavy (non-hydrogen) atoms. The number of thiophene rings is 1. The molecule has 1 amide bonds. The quantitative estimate of drug-likeness (QED) is 0.819. The lowest BCUT2D eigenvalue weighted by Gasteiger charge is -2.07. The number of rotatable bonds is 6. The summed E-state index contributed by atoms with van der Waals surface area (Å²) in [6, 6.07) is 8.99. The smallest absolute Gasteiger partial charge is 0.217 e. The van der Waals surface area contributed by atoms with E-state index in [-0.39, 0.29) is 18.3 Å². The Bertz CT molecular complexity index is 696. The first-order chi connectivity index (χ1) is 10.5. The van der Waals surface area contributed by atoms with Gasteiger partial charge in [-0.05, 0) is 36.8 Å². The molecule has 0 radical (unpaired) electrons. The summed E-state index contributed by atoms with van der Waals surface area (Å²) < 4.78 is 5.50. The van der Waals surface area contributed by atoms with Crippen LogP contribution in [0.4, 0.5) is 0 Å². The fraction of sp³-hybridized carbons (Fsp3) is 0.250. The van der Waals surface area contributed by atoms with Gasteiger partial charge in [-0.25, -0.2) is 0 Å². The minimum Gasteiger partial charge on any atom is -0.484 e. The summed E-state index contributed by atoms with van der Waals surface area (Å²) in [5, 5.41) is 3.18. The lowest BCUT2D eigenvalue weighted by Crippen LogP contribution is -2.18. The number of carbonyl (C=O) groups is 2. The average molecular weight is 338 g/mol. The zero-order valence-corrected chi connectivity index (χ0v) is 13.9. The molecule has 1 aromatic carbocycles. The average Bonchev–Trinajstić information content (AvgIpc) is 2.94. The molecule has 1 N–H and O–H groups in total. The molecule has 2 aromatic rings. The Morgan fingerprint density at radius 1 is 1.27 bits per heavy atom. The fourth-order valence-corrected chi connectivity index (χ4v) is 2.81. The molecule has 4 nitrogen and oxygen atoms in total. The Kier molecular flexibility index (Phi) is 5.57. The second kappa shape index (κ2) is 7.42. The van der Waals surface area contributed by atoms with Gasteiger partial charge in [-0.3, -0.25) is 9.59 Å². The molecule has 116 valence electrons. The van der Waals surface area contributed by atoms with Crippen LogP contribution in [0.15, 0.2) is 30.3 Å². The molecule has 0 aliphatic heterocycles. The van der Waals surface area contributed by atoms with Gasteiger partial charge in [-0.2, -0.15) is 0 Å². The monoisotopic (exact) mass is 337 g/mol. The Morgan fingerprint density at radius 2 is 2.05 bits per heavy atom. The molecule has 2 rings (SSSR count). The van der Waals surface area contributed by atoms with Gasteiger partial charge in [0.25, 0.3) is 0 Å². The van der Waals surface area contributed by atoms with E-state index in [2.05, 4.69) is 5.32 Å². The second-order valence-corrected chi connectivity index (χ2v) is 6.40. The third kappa shape index (κ3) is 4.58. The number of amides is 1. The van der Waals surface area contributed by atoms with Crippen molar-refractivity contribution in [1.82, 2.24) is 5.32 Å². The van der Waals surface area contributed by atoms with Gasteiger partial charge < -0.3 is 10.1 Å². The summed E-state index contributed by atoms with van der Waals surface area (Å²) in [4.78, 5) is 24.5.